The predicted octanol–water partition coefficient (Wildman–Crippen LogP) is 1.00. The summed E-state index contributed by atoms with van der Waals surface area (Å²) >= 11 is 0. The van der Waals surface area contributed by atoms with E-state index in [0.29, 0.717) is 30.8 Å². The van der Waals surface area contributed by atoms with E-state index < -0.39 is 17.2 Å². The molecule has 2 aromatic rings. The SMILES string of the molecule is CC1CN(C(=O)C(=O)Nc2cncc3cn[nH]c23)CCN1C(=O)C(C)(C)C. The van der Waals surface area contributed by atoms with Crippen LogP contribution in [0.25, 0.3) is 10.9 Å². The number of aromatic amines is 1. The number of fused-ring (bicyclic) bond motifs is 1. The summed E-state index contributed by atoms with van der Waals surface area (Å²) in [5.74, 6) is -1.31. The molecule has 1 saturated heterocycles. The van der Waals surface area contributed by atoms with Crippen molar-refractivity contribution in [2.24, 2.45) is 5.41 Å². The third-order valence-electron chi connectivity index (χ3n) is 4.61. The normalized spacial score (nSPS) is 17.9. The van der Waals surface area contributed by atoms with Gasteiger partial charge in [-0.15, -0.1) is 0 Å². The molecular weight excluding hydrogens is 348 g/mol. The molecule has 2 aromatic heterocycles. The Bertz CT molecular complexity index is 885. The molecule has 2 N–H and O–H groups in total. The molecule has 0 bridgehead atoms. The van der Waals surface area contributed by atoms with Gasteiger partial charge in [0.1, 0.15) is 0 Å². The van der Waals surface area contributed by atoms with Crippen LogP contribution in [0.5, 0.6) is 0 Å². The molecule has 0 aliphatic carbocycles. The van der Waals surface area contributed by atoms with Gasteiger partial charge in [-0.25, -0.2) is 0 Å². The first-order valence-corrected chi connectivity index (χ1v) is 8.87. The van der Waals surface area contributed by atoms with E-state index in [1.54, 1.807) is 17.3 Å². The Hall–Kier alpha value is -2.97. The van der Waals surface area contributed by atoms with E-state index >= 15 is 0 Å². The lowest BCUT2D eigenvalue weighted by Gasteiger charge is -2.42. The van der Waals surface area contributed by atoms with E-state index in [-0.39, 0.29) is 11.9 Å². The standard InChI is InChI=1S/C18H24N6O3/c1-11-10-23(5-6-24(11)17(27)18(2,3)4)16(26)15(25)21-13-9-19-7-12-8-20-22-14(12)13/h7-9,11H,5-6,10H2,1-4H3,(H,20,22)(H,21,25). The molecule has 0 radical (unpaired) electrons. The Labute approximate surface area is 157 Å². The van der Waals surface area contributed by atoms with E-state index in [4.69, 9.17) is 0 Å². The van der Waals surface area contributed by atoms with Gasteiger partial charge in [0.05, 0.1) is 23.6 Å². The fourth-order valence-electron chi connectivity index (χ4n) is 3.15. The zero-order valence-electron chi connectivity index (χ0n) is 15.9. The molecule has 0 spiro atoms. The third kappa shape index (κ3) is 3.76. The Balaban J connectivity index is 1.66. The zero-order chi connectivity index (χ0) is 19.8. The van der Waals surface area contributed by atoms with Gasteiger partial charge in [0, 0.05) is 42.7 Å². The molecule has 144 valence electrons. The summed E-state index contributed by atoms with van der Waals surface area (Å²) in [5, 5.41) is 10.0. The van der Waals surface area contributed by atoms with Crippen LogP contribution in [0.1, 0.15) is 27.7 Å². The molecule has 0 saturated carbocycles. The molecule has 3 amide bonds. The van der Waals surface area contributed by atoms with Crippen LogP contribution in [-0.4, -0.2) is 68.4 Å². The van der Waals surface area contributed by atoms with Crippen molar-refractivity contribution >= 4 is 34.3 Å². The van der Waals surface area contributed by atoms with E-state index in [2.05, 4.69) is 20.5 Å². The van der Waals surface area contributed by atoms with E-state index in [9.17, 15) is 14.4 Å². The van der Waals surface area contributed by atoms with Crippen molar-refractivity contribution in [1.82, 2.24) is 25.0 Å². The maximum Gasteiger partial charge on any atom is 0.314 e. The maximum atomic E-state index is 12.6. The van der Waals surface area contributed by atoms with Crippen LogP contribution in [-0.2, 0) is 14.4 Å². The number of anilines is 1. The van der Waals surface area contributed by atoms with Crippen molar-refractivity contribution in [3.8, 4) is 0 Å². The van der Waals surface area contributed by atoms with Gasteiger partial charge in [-0.1, -0.05) is 20.8 Å². The Morgan fingerprint density at radius 2 is 1.93 bits per heavy atom. The Kier molecular flexibility index (Phi) is 4.86. The second-order valence-electron chi connectivity index (χ2n) is 7.82. The number of carbonyl (C=O) groups excluding carboxylic acids is 3. The topological polar surface area (TPSA) is 111 Å². The minimum absolute atomic E-state index is 0.0450. The average molecular weight is 372 g/mol. The Morgan fingerprint density at radius 1 is 1.19 bits per heavy atom. The molecule has 1 aliphatic heterocycles. The van der Waals surface area contributed by atoms with Gasteiger partial charge in [0.25, 0.3) is 0 Å². The number of nitrogens with zero attached hydrogens (tertiary/aromatic N) is 4. The molecule has 3 rings (SSSR count). The highest BCUT2D eigenvalue weighted by molar-refractivity contribution is 6.40. The number of aromatic nitrogens is 3. The van der Waals surface area contributed by atoms with Crippen LogP contribution in [0.3, 0.4) is 0 Å². The molecule has 1 aliphatic rings. The van der Waals surface area contributed by atoms with Crippen LogP contribution in [0.15, 0.2) is 18.6 Å². The van der Waals surface area contributed by atoms with Gasteiger partial charge in [0.15, 0.2) is 0 Å². The summed E-state index contributed by atoms with van der Waals surface area (Å²) in [4.78, 5) is 44.8. The average Bonchev–Trinajstić information content (AvgIpc) is 3.09. The number of rotatable bonds is 1. The third-order valence-corrected chi connectivity index (χ3v) is 4.61. The lowest BCUT2D eigenvalue weighted by Crippen LogP contribution is -2.58. The van der Waals surface area contributed by atoms with Crippen molar-refractivity contribution in [2.45, 2.75) is 33.7 Å². The number of hydrogen-bond acceptors (Lipinski definition) is 5. The van der Waals surface area contributed by atoms with Crippen molar-refractivity contribution in [3.05, 3.63) is 18.6 Å². The molecular formula is C18H24N6O3. The molecule has 1 unspecified atom stereocenters. The molecule has 27 heavy (non-hydrogen) atoms. The number of carbonyl (C=O) groups is 3. The first-order valence-electron chi connectivity index (χ1n) is 8.87. The second-order valence-corrected chi connectivity index (χ2v) is 7.82. The van der Waals surface area contributed by atoms with E-state index in [1.165, 1.54) is 11.1 Å². The van der Waals surface area contributed by atoms with E-state index in [1.807, 2.05) is 27.7 Å². The maximum absolute atomic E-state index is 12.6. The van der Waals surface area contributed by atoms with E-state index in [0.717, 1.165) is 5.39 Å². The van der Waals surface area contributed by atoms with Crippen molar-refractivity contribution in [1.29, 1.82) is 0 Å². The van der Waals surface area contributed by atoms with Gasteiger partial charge in [-0.05, 0) is 6.92 Å². The quantitative estimate of drug-likeness (QED) is 0.726. The summed E-state index contributed by atoms with van der Waals surface area (Å²) in [6.45, 7) is 8.56. The summed E-state index contributed by atoms with van der Waals surface area (Å²) in [5.41, 5.74) is 0.533. The van der Waals surface area contributed by atoms with Crippen LogP contribution >= 0.6 is 0 Å². The van der Waals surface area contributed by atoms with Crippen molar-refractivity contribution in [3.63, 3.8) is 0 Å². The largest absolute Gasteiger partial charge is 0.336 e. The Morgan fingerprint density at radius 3 is 2.59 bits per heavy atom. The van der Waals surface area contributed by atoms with Gasteiger partial charge in [0.2, 0.25) is 5.91 Å². The number of hydrogen-bond donors (Lipinski definition) is 2. The molecule has 3 heterocycles. The highest BCUT2D eigenvalue weighted by Crippen LogP contribution is 2.22. The second kappa shape index (κ2) is 6.98. The lowest BCUT2D eigenvalue weighted by atomic mass is 9.93. The smallest absolute Gasteiger partial charge is 0.314 e. The summed E-state index contributed by atoms with van der Waals surface area (Å²) in [6, 6.07) is -0.153. The van der Waals surface area contributed by atoms with Crippen molar-refractivity contribution in [2.75, 3.05) is 25.0 Å². The number of H-pyrrole nitrogens is 1. The van der Waals surface area contributed by atoms with Crippen LogP contribution in [0, 0.1) is 5.41 Å². The first kappa shape index (κ1) is 18.8. The van der Waals surface area contributed by atoms with Gasteiger partial charge >= 0.3 is 11.8 Å². The molecule has 1 fully saturated rings. The number of pyridine rings is 1. The van der Waals surface area contributed by atoms with Crippen LogP contribution in [0.4, 0.5) is 5.69 Å². The monoisotopic (exact) mass is 372 g/mol. The highest BCUT2D eigenvalue weighted by Gasteiger charge is 2.36. The zero-order valence-corrected chi connectivity index (χ0v) is 15.9. The van der Waals surface area contributed by atoms with Crippen LogP contribution < -0.4 is 5.32 Å². The fraction of sp³-hybridized carbons (Fsp3) is 0.500. The molecule has 1 atom stereocenters. The number of nitrogens with one attached hydrogen (secondary N) is 2. The minimum Gasteiger partial charge on any atom is -0.336 e. The summed E-state index contributed by atoms with van der Waals surface area (Å²) < 4.78 is 0. The van der Waals surface area contributed by atoms with Crippen molar-refractivity contribution < 1.29 is 14.4 Å². The fourth-order valence-corrected chi connectivity index (χ4v) is 3.15. The number of amides is 3. The summed E-state index contributed by atoms with van der Waals surface area (Å²) in [7, 11) is 0. The molecule has 9 nitrogen and oxygen atoms in total. The van der Waals surface area contributed by atoms with Crippen LogP contribution in [0.2, 0.25) is 0 Å². The minimum atomic E-state index is -0.735. The molecule has 0 aromatic carbocycles. The van der Waals surface area contributed by atoms with Gasteiger partial charge in [-0.3, -0.25) is 24.5 Å². The predicted molar refractivity (Wildman–Crippen MR) is 99.7 cm³/mol. The number of piperazine rings is 1. The highest BCUT2D eigenvalue weighted by atomic mass is 16.2. The van der Waals surface area contributed by atoms with Gasteiger partial charge in [-0.2, -0.15) is 5.10 Å². The molecule has 9 heteroatoms. The lowest BCUT2D eigenvalue weighted by molar-refractivity contribution is -0.150. The van der Waals surface area contributed by atoms with Gasteiger partial charge < -0.3 is 15.1 Å². The first-order chi connectivity index (χ1) is 12.7. The summed E-state index contributed by atoms with van der Waals surface area (Å²) in [6.07, 6.45) is 4.67.